The van der Waals surface area contributed by atoms with Gasteiger partial charge in [0, 0.05) is 0 Å². The molecular formula is C7H9N3O2S. The van der Waals surface area contributed by atoms with Gasteiger partial charge in [0.05, 0.1) is 10.6 Å². The molecule has 70 valence electrons. The molecule has 1 unspecified atom stereocenters. The molecule has 5 nitrogen and oxygen atoms in total. The number of nitrogens with zero attached hydrogens (tertiary/aromatic N) is 1. The maximum Gasteiger partial charge on any atom is 0.191 e. The van der Waals surface area contributed by atoms with Crippen molar-refractivity contribution in [1.82, 2.24) is 0 Å². The van der Waals surface area contributed by atoms with E-state index in [1.54, 1.807) is 18.2 Å². The van der Waals surface area contributed by atoms with Crippen molar-refractivity contribution in [1.29, 1.82) is 0 Å². The largest absolute Gasteiger partial charge is 0.370 e. The summed E-state index contributed by atoms with van der Waals surface area (Å²) in [6.45, 7) is 0. The van der Waals surface area contributed by atoms with Crippen molar-refractivity contribution < 1.29 is 8.76 Å². The monoisotopic (exact) mass is 199 g/mol. The second-order valence-electron chi connectivity index (χ2n) is 2.25. The van der Waals surface area contributed by atoms with Gasteiger partial charge in [0.15, 0.2) is 17.0 Å². The summed E-state index contributed by atoms with van der Waals surface area (Å²) in [6.07, 6.45) is 0. The number of aliphatic imine (C=N–C) groups is 1. The third kappa shape index (κ3) is 2.53. The highest BCUT2D eigenvalue weighted by Crippen LogP contribution is 2.20. The Kier molecular flexibility index (Phi) is 2.99. The molecule has 0 aliphatic heterocycles. The van der Waals surface area contributed by atoms with Crippen molar-refractivity contribution in [2.75, 3.05) is 0 Å². The van der Waals surface area contributed by atoms with Gasteiger partial charge in [-0.2, -0.15) is 0 Å². The second kappa shape index (κ2) is 4.01. The van der Waals surface area contributed by atoms with Crippen LogP contribution in [-0.4, -0.2) is 14.7 Å². The van der Waals surface area contributed by atoms with Gasteiger partial charge in [0.2, 0.25) is 0 Å². The quantitative estimate of drug-likeness (QED) is 0.359. The first-order valence-corrected chi connectivity index (χ1v) is 4.51. The van der Waals surface area contributed by atoms with Gasteiger partial charge in [0.25, 0.3) is 0 Å². The zero-order valence-electron chi connectivity index (χ0n) is 6.68. The molecule has 0 bridgehead atoms. The van der Waals surface area contributed by atoms with Gasteiger partial charge in [-0.05, 0) is 12.1 Å². The second-order valence-corrected chi connectivity index (χ2v) is 3.19. The van der Waals surface area contributed by atoms with Crippen LogP contribution in [0.2, 0.25) is 0 Å². The number of hydrogen-bond donors (Lipinski definition) is 3. The number of para-hydroxylation sites is 1. The first-order chi connectivity index (χ1) is 6.11. The predicted molar refractivity (Wildman–Crippen MR) is 50.9 cm³/mol. The lowest BCUT2D eigenvalue weighted by Crippen LogP contribution is -2.22. The van der Waals surface area contributed by atoms with Crippen LogP contribution in [0, 0.1) is 0 Å². The minimum atomic E-state index is -2.08. The molecule has 0 aliphatic carbocycles. The van der Waals surface area contributed by atoms with Gasteiger partial charge in [-0.3, -0.25) is 0 Å². The fourth-order valence-corrected chi connectivity index (χ4v) is 1.32. The van der Waals surface area contributed by atoms with Gasteiger partial charge in [0.1, 0.15) is 0 Å². The summed E-state index contributed by atoms with van der Waals surface area (Å²) < 4.78 is 19.6. The molecule has 0 saturated heterocycles. The normalized spacial score (nSPS) is 12.1. The van der Waals surface area contributed by atoms with Gasteiger partial charge < -0.3 is 16.0 Å². The van der Waals surface area contributed by atoms with E-state index in [9.17, 15) is 4.21 Å². The molecule has 0 radical (unpaired) electrons. The molecule has 1 rings (SSSR count). The first kappa shape index (κ1) is 9.69. The summed E-state index contributed by atoms with van der Waals surface area (Å²) in [7, 11) is 0. The van der Waals surface area contributed by atoms with Crippen LogP contribution >= 0.6 is 0 Å². The van der Waals surface area contributed by atoms with Crippen LogP contribution in [0.25, 0.3) is 0 Å². The van der Waals surface area contributed by atoms with Crippen LogP contribution in [-0.2, 0) is 11.1 Å². The number of hydrogen-bond acceptors (Lipinski definition) is 2. The molecule has 6 heteroatoms. The van der Waals surface area contributed by atoms with Gasteiger partial charge >= 0.3 is 0 Å². The summed E-state index contributed by atoms with van der Waals surface area (Å²) >= 11 is -2.08. The van der Waals surface area contributed by atoms with Crippen LogP contribution < -0.4 is 11.5 Å². The molecular weight excluding hydrogens is 190 g/mol. The average molecular weight is 199 g/mol. The highest BCUT2D eigenvalue weighted by molar-refractivity contribution is 7.79. The topological polar surface area (TPSA) is 102 Å². The van der Waals surface area contributed by atoms with E-state index in [0.29, 0.717) is 5.69 Å². The van der Waals surface area contributed by atoms with E-state index in [2.05, 4.69) is 4.99 Å². The third-order valence-corrected chi connectivity index (χ3v) is 2.02. The first-order valence-electron chi connectivity index (χ1n) is 3.41. The number of rotatable bonds is 2. The van der Waals surface area contributed by atoms with Crippen molar-refractivity contribution in [3.63, 3.8) is 0 Å². The molecule has 0 aromatic heterocycles. The van der Waals surface area contributed by atoms with Crippen molar-refractivity contribution in [3.8, 4) is 0 Å². The summed E-state index contributed by atoms with van der Waals surface area (Å²) in [5.74, 6) is -0.141. The van der Waals surface area contributed by atoms with Crippen molar-refractivity contribution in [2.45, 2.75) is 4.90 Å². The van der Waals surface area contributed by atoms with Gasteiger partial charge in [-0.15, -0.1) is 0 Å². The molecule has 0 aliphatic rings. The Morgan fingerprint density at radius 1 is 1.38 bits per heavy atom. The number of nitrogens with two attached hydrogens (primary N) is 2. The van der Waals surface area contributed by atoms with E-state index in [1.807, 2.05) is 0 Å². The maximum atomic E-state index is 10.8. The summed E-state index contributed by atoms with van der Waals surface area (Å²) in [5.41, 5.74) is 10.6. The molecule has 0 spiro atoms. The van der Waals surface area contributed by atoms with Crippen LogP contribution in [0.15, 0.2) is 34.2 Å². The van der Waals surface area contributed by atoms with Gasteiger partial charge in [-0.25, -0.2) is 9.20 Å². The van der Waals surface area contributed by atoms with E-state index in [-0.39, 0.29) is 10.9 Å². The van der Waals surface area contributed by atoms with E-state index >= 15 is 0 Å². The Hall–Kier alpha value is -1.40. The maximum absolute atomic E-state index is 10.8. The standard InChI is InChI=1S/C7H9N3O2S/c8-7(9)10-5-3-1-2-4-6(5)13(11)12/h1-4H,(H,11,12)(H4,8,9,10). The van der Waals surface area contributed by atoms with Crippen LogP contribution in [0.1, 0.15) is 0 Å². The summed E-state index contributed by atoms with van der Waals surface area (Å²) in [5, 5.41) is 0. The molecule has 0 amide bonds. The van der Waals surface area contributed by atoms with Crippen LogP contribution in [0.3, 0.4) is 0 Å². The zero-order valence-corrected chi connectivity index (χ0v) is 7.49. The molecule has 0 fully saturated rings. The van der Waals surface area contributed by atoms with Crippen LogP contribution in [0.4, 0.5) is 5.69 Å². The minimum absolute atomic E-state index is 0.141. The molecule has 13 heavy (non-hydrogen) atoms. The number of benzene rings is 1. The van der Waals surface area contributed by atoms with Crippen LogP contribution in [0.5, 0.6) is 0 Å². The molecule has 1 aromatic carbocycles. The smallest absolute Gasteiger partial charge is 0.191 e. The summed E-state index contributed by atoms with van der Waals surface area (Å²) in [6, 6.07) is 6.36. The number of guanidine groups is 1. The minimum Gasteiger partial charge on any atom is -0.370 e. The van der Waals surface area contributed by atoms with E-state index in [0.717, 1.165) is 0 Å². The van der Waals surface area contributed by atoms with Crippen molar-refractivity contribution in [2.24, 2.45) is 16.5 Å². The lowest BCUT2D eigenvalue weighted by atomic mass is 10.3. The fraction of sp³-hybridized carbons (Fsp3) is 0. The SMILES string of the molecule is NC(N)=Nc1ccccc1S(=O)O. The lowest BCUT2D eigenvalue weighted by Gasteiger charge is -1.99. The Morgan fingerprint density at radius 2 is 2.00 bits per heavy atom. The van der Waals surface area contributed by atoms with E-state index in [4.69, 9.17) is 16.0 Å². The van der Waals surface area contributed by atoms with Crippen molar-refractivity contribution in [3.05, 3.63) is 24.3 Å². The highest BCUT2D eigenvalue weighted by Gasteiger charge is 2.05. The van der Waals surface area contributed by atoms with E-state index in [1.165, 1.54) is 6.07 Å². The van der Waals surface area contributed by atoms with E-state index < -0.39 is 11.1 Å². The Balaban J connectivity index is 3.20. The predicted octanol–water partition coefficient (Wildman–Crippen LogP) is 0.172. The zero-order chi connectivity index (χ0) is 9.84. The Bertz CT molecular complexity index is 361. The Morgan fingerprint density at radius 3 is 2.54 bits per heavy atom. The molecule has 0 heterocycles. The average Bonchev–Trinajstić information content (AvgIpc) is 2.03. The highest BCUT2D eigenvalue weighted by atomic mass is 32.2. The molecule has 5 N–H and O–H groups in total. The summed E-state index contributed by atoms with van der Waals surface area (Å²) in [4.78, 5) is 3.89. The Labute approximate surface area is 77.7 Å². The van der Waals surface area contributed by atoms with Gasteiger partial charge in [-0.1, -0.05) is 12.1 Å². The molecule has 1 atom stereocenters. The fourth-order valence-electron chi connectivity index (χ4n) is 0.836. The molecule has 1 aromatic rings. The molecule has 0 saturated carbocycles. The lowest BCUT2D eigenvalue weighted by molar-refractivity contribution is 0.564. The van der Waals surface area contributed by atoms with Crippen molar-refractivity contribution >= 4 is 22.7 Å². The third-order valence-electron chi connectivity index (χ3n) is 1.30.